The number of carbonyl (C=O) groups excluding carboxylic acids is 1. The van der Waals surface area contributed by atoms with Crippen molar-refractivity contribution >= 4 is 19.6 Å². The maximum Gasteiger partial charge on any atom is 0.335 e. The van der Waals surface area contributed by atoms with E-state index < -0.39 is 13.6 Å². The van der Waals surface area contributed by atoms with Gasteiger partial charge in [0.1, 0.15) is 0 Å². The fraction of sp³-hybridized carbons (Fsp3) is 0.471. The average molecular weight is 340 g/mol. The monoisotopic (exact) mass is 340 g/mol. The Labute approximate surface area is 138 Å². The zero-order chi connectivity index (χ0) is 17.3. The molecule has 0 aromatic heterocycles. The van der Waals surface area contributed by atoms with Gasteiger partial charge in [0.15, 0.2) is 0 Å². The number of hydrogen-bond acceptors (Lipinski definition) is 5. The van der Waals surface area contributed by atoms with Crippen LogP contribution in [0.5, 0.6) is 0 Å². The third-order valence-corrected chi connectivity index (χ3v) is 5.10. The molecular weight excluding hydrogens is 315 g/mol. The summed E-state index contributed by atoms with van der Waals surface area (Å²) < 4.78 is 28.4. The van der Waals surface area contributed by atoms with Crippen molar-refractivity contribution < 1.29 is 23.1 Å². The Morgan fingerprint density at radius 2 is 1.70 bits per heavy atom. The van der Waals surface area contributed by atoms with Crippen LogP contribution < -0.4 is 0 Å². The molecule has 0 atom stereocenters. The number of benzene rings is 1. The second-order valence-corrected chi connectivity index (χ2v) is 6.91. The lowest BCUT2D eigenvalue weighted by Gasteiger charge is -2.18. The molecule has 0 amide bonds. The number of aryl methyl sites for hydroxylation is 1. The van der Waals surface area contributed by atoms with E-state index in [1.165, 1.54) is 0 Å². The molecule has 0 spiro atoms. The Morgan fingerprint density at radius 1 is 1.09 bits per heavy atom. The second-order valence-electron chi connectivity index (χ2n) is 4.85. The fourth-order valence-corrected chi connectivity index (χ4v) is 3.74. The molecule has 0 aliphatic heterocycles. The average Bonchev–Trinajstić information content (AvgIpc) is 2.49. The van der Waals surface area contributed by atoms with E-state index in [-0.39, 0.29) is 31.6 Å². The third kappa shape index (κ3) is 6.30. The van der Waals surface area contributed by atoms with Gasteiger partial charge in [-0.2, -0.15) is 0 Å². The minimum Gasteiger partial charge on any atom is -0.463 e. The third-order valence-electron chi connectivity index (χ3n) is 3.07. The van der Waals surface area contributed by atoms with Crippen LogP contribution >= 0.6 is 7.60 Å². The predicted molar refractivity (Wildman–Crippen MR) is 91.5 cm³/mol. The molecule has 1 aromatic carbocycles. The number of esters is 1. The van der Waals surface area contributed by atoms with Gasteiger partial charge in [-0.3, -0.25) is 4.57 Å². The highest BCUT2D eigenvalue weighted by Gasteiger charge is 2.29. The minimum absolute atomic E-state index is 0.109. The zero-order valence-corrected chi connectivity index (χ0v) is 15.1. The molecule has 0 fully saturated rings. The van der Waals surface area contributed by atoms with E-state index in [4.69, 9.17) is 13.8 Å². The van der Waals surface area contributed by atoms with Crippen molar-refractivity contribution in [1.82, 2.24) is 0 Å². The normalized spacial score (nSPS) is 12.3. The molecule has 0 unspecified atom stereocenters. The molecule has 0 saturated heterocycles. The van der Waals surface area contributed by atoms with Crippen molar-refractivity contribution in [2.45, 2.75) is 27.7 Å². The summed E-state index contributed by atoms with van der Waals surface area (Å²) in [6, 6.07) is 7.63. The molecule has 1 aromatic rings. The van der Waals surface area contributed by atoms with E-state index in [0.29, 0.717) is 0 Å². The van der Waals surface area contributed by atoms with Crippen LogP contribution in [0.2, 0.25) is 0 Å². The van der Waals surface area contributed by atoms with Gasteiger partial charge in [0.05, 0.1) is 26.0 Å². The first-order valence-electron chi connectivity index (χ1n) is 7.77. The topological polar surface area (TPSA) is 61.8 Å². The lowest BCUT2D eigenvalue weighted by atomic mass is 10.1. The molecule has 0 saturated carbocycles. The molecule has 5 nitrogen and oxygen atoms in total. The van der Waals surface area contributed by atoms with Gasteiger partial charge in [-0.25, -0.2) is 4.79 Å². The Morgan fingerprint density at radius 3 is 2.22 bits per heavy atom. The van der Waals surface area contributed by atoms with Gasteiger partial charge in [-0.05, 0) is 44.9 Å². The molecule has 6 heteroatoms. The van der Waals surface area contributed by atoms with Gasteiger partial charge in [-0.15, -0.1) is 0 Å². The van der Waals surface area contributed by atoms with Gasteiger partial charge in [0.2, 0.25) is 0 Å². The largest absolute Gasteiger partial charge is 0.463 e. The van der Waals surface area contributed by atoms with Gasteiger partial charge in [-0.1, -0.05) is 24.3 Å². The first kappa shape index (κ1) is 19.6. The molecule has 128 valence electrons. The van der Waals surface area contributed by atoms with Crippen LogP contribution in [-0.4, -0.2) is 32.0 Å². The molecule has 23 heavy (non-hydrogen) atoms. The number of carbonyl (C=O) groups is 1. The van der Waals surface area contributed by atoms with Crippen LogP contribution in [0.25, 0.3) is 6.08 Å². The van der Waals surface area contributed by atoms with Crippen molar-refractivity contribution in [1.29, 1.82) is 0 Å². The summed E-state index contributed by atoms with van der Waals surface area (Å²) in [7, 11) is -3.37. The van der Waals surface area contributed by atoms with Crippen molar-refractivity contribution in [2.75, 3.05) is 26.0 Å². The summed E-state index contributed by atoms with van der Waals surface area (Å²) in [5.74, 6) is -0.504. The Kier molecular flexibility index (Phi) is 8.24. The Balaban J connectivity index is 3.17. The molecule has 0 aliphatic rings. The second kappa shape index (κ2) is 9.66. The van der Waals surface area contributed by atoms with E-state index in [1.807, 2.05) is 31.2 Å². The lowest BCUT2D eigenvalue weighted by molar-refractivity contribution is -0.138. The maximum absolute atomic E-state index is 12.7. The van der Waals surface area contributed by atoms with E-state index in [1.54, 1.807) is 26.8 Å². The highest BCUT2D eigenvalue weighted by Crippen LogP contribution is 2.49. The predicted octanol–water partition coefficient (Wildman–Crippen LogP) is 4.21. The van der Waals surface area contributed by atoms with E-state index in [0.717, 1.165) is 11.1 Å². The van der Waals surface area contributed by atoms with Crippen molar-refractivity contribution in [3.8, 4) is 0 Å². The summed E-state index contributed by atoms with van der Waals surface area (Å²) in [5.41, 5.74) is 2.17. The lowest BCUT2D eigenvalue weighted by Crippen LogP contribution is -2.13. The molecular formula is C17H25O5P. The SMILES string of the molecule is CCOC(=O)/C(=C/c1ccccc1C)CP(=O)(OCC)OCC. The highest BCUT2D eigenvalue weighted by molar-refractivity contribution is 7.54. The fourth-order valence-electron chi connectivity index (χ4n) is 2.06. The van der Waals surface area contributed by atoms with E-state index in [2.05, 4.69) is 0 Å². The summed E-state index contributed by atoms with van der Waals surface area (Å²) in [4.78, 5) is 12.2. The first-order valence-corrected chi connectivity index (χ1v) is 9.50. The van der Waals surface area contributed by atoms with Gasteiger partial charge >= 0.3 is 13.6 Å². The summed E-state index contributed by atoms with van der Waals surface area (Å²) in [6.07, 6.45) is 1.58. The highest BCUT2D eigenvalue weighted by atomic mass is 31.2. The van der Waals surface area contributed by atoms with Crippen molar-refractivity contribution in [3.63, 3.8) is 0 Å². The van der Waals surface area contributed by atoms with Gasteiger partial charge in [0.25, 0.3) is 0 Å². The smallest absolute Gasteiger partial charge is 0.335 e. The van der Waals surface area contributed by atoms with Crippen molar-refractivity contribution in [3.05, 3.63) is 41.0 Å². The van der Waals surface area contributed by atoms with Gasteiger partial charge < -0.3 is 13.8 Å². The quantitative estimate of drug-likeness (QED) is 0.383. The van der Waals surface area contributed by atoms with Crippen molar-refractivity contribution in [2.24, 2.45) is 0 Å². The van der Waals surface area contributed by atoms with Crippen LogP contribution in [0.15, 0.2) is 29.8 Å². The van der Waals surface area contributed by atoms with E-state index in [9.17, 15) is 9.36 Å². The van der Waals surface area contributed by atoms with Crippen LogP contribution in [-0.2, 0) is 23.1 Å². The van der Waals surface area contributed by atoms with Crippen LogP contribution in [0.1, 0.15) is 31.9 Å². The maximum atomic E-state index is 12.7. The van der Waals surface area contributed by atoms with Gasteiger partial charge in [0, 0.05) is 5.57 Å². The number of rotatable bonds is 9. The van der Waals surface area contributed by atoms with Crippen LogP contribution in [0.4, 0.5) is 0 Å². The number of ether oxygens (including phenoxy) is 1. The summed E-state index contributed by atoms with van der Waals surface area (Å²) >= 11 is 0. The van der Waals surface area contributed by atoms with Crippen LogP contribution in [0.3, 0.4) is 0 Å². The Bertz CT molecular complexity index is 584. The standard InChI is InChI=1S/C17H25O5P/c1-5-20-17(18)16(12-15-11-9-8-10-14(15)4)13-23(19,21-6-2)22-7-3/h8-12H,5-7,13H2,1-4H3/b16-12+. The first-order chi connectivity index (χ1) is 11.0. The molecule has 0 radical (unpaired) electrons. The Hall–Kier alpha value is -1.42. The zero-order valence-electron chi connectivity index (χ0n) is 14.2. The summed E-state index contributed by atoms with van der Waals surface area (Å²) in [6.45, 7) is 7.89. The molecule has 1 rings (SSSR count). The summed E-state index contributed by atoms with van der Waals surface area (Å²) in [5, 5.41) is 0. The molecule has 0 aliphatic carbocycles. The molecule has 0 N–H and O–H groups in total. The molecule has 0 bridgehead atoms. The number of hydrogen-bond donors (Lipinski definition) is 0. The van der Waals surface area contributed by atoms with E-state index >= 15 is 0 Å². The van der Waals surface area contributed by atoms with Crippen LogP contribution in [0, 0.1) is 6.92 Å². The minimum atomic E-state index is -3.37. The molecule has 0 heterocycles.